The van der Waals surface area contributed by atoms with Crippen molar-refractivity contribution in [2.75, 3.05) is 24.1 Å². The van der Waals surface area contributed by atoms with Crippen LogP contribution in [0.5, 0.6) is 0 Å². The molecule has 1 aromatic carbocycles. The summed E-state index contributed by atoms with van der Waals surface area (Å²) in [5.74, 6) is -0.445. The van der Waals surface area contributed by atoms with Crippen molar-refractivity contribution < 1.29 is 18.7 Å². The van der Waals surface area contributed by atoms with Crippen LogP contribution in [0.2, 0.25) is 0 Å². The maximum atomic E-state index is 13.2. The molecule has 0 aromatic heterocycles. The zero-order valence-corrected chi connectivity index (χ0v) is 10.1. The summed E-state index contributed by atoms with van der Waals surface area (Å²) in [6.45, 7) is 0.128. The fourth-order valence-corrected chi connectivity index (χ4v) is 2.21. The molecule has 1 aliphatic rings. The van der Waals surface area contributed by atoms with Crippen LogP contribution in [0.3, 0.4) is 0 Å². The number of nitrogens with zero attached hydrogens (tertiary/aromatic N) is 1. The van der Waals surface area contributed by atoms with Crippen LogP contribution in [-0.4, -0.2) is 41.4 Å². The number of halogens is 2. The van der Waals surface area contributed by atoms with E-state index in [1.54, 1.807) is 0 Å². The Balaban J connectivity index is 1.99. The molecule has 0 saturated carbocycles. The Morgan fingerprint density at radius 3 is 2.95 bits per heavy atom. The third kappa shape index (κ3) is 3.04. The van der Waals surface area contributed by atoms with Crippen LogP contribution in [0.15, 0.2) is 18.2 Å². The van der Waals surface area contributed by atoms with Crippen molar-refractivity contribution in [2.24, 2.45) is 0 Å². The van der Waals surface area contributed by atoms with Gasteiger partial charge in [-0.3, -0.25) is 0 Å². The molecule has 0 radical (unpaired) electrons. The highest BCUT2D eigenvalue weighted by Gasteiger charge is 2.35. The van der Waals surface area contributed by atoms with Gasteiger partial charge in [0.1, 0.15) is 12.0 Å². The Kier molecular flexibility index (Phi) is 3.73. The fraction of sp³-hybridized carbons (Fsp3) is 0.417. The quantitative estimate of drug-likeness (QED) is 0.734. The average Bonchev–Trinajstić information content (AvgIpc) is 2.69. The van der Waals surface area contributed by atoms with Crippen molar-refractivity contribution in [3.63, 3.8) is 0 Å². The van der Waals surface area contributed by atoms with Crippen molar-refractivity contribution in [2.45, 2.75) is 18.6 Å². The predicted molar refractivity (Wildman–Crippen MR) is 67.3 cm³/mol. The molecule has 1 saturated heterocycles. The van der Waals surface area contributed by atoms with Gasteiger partial charge in [0.15, 0.2) is 0 Å². The number of carbonyl (C=O) groups is 1. The Bertz CT molecular complexity index is 484. The molecule has 1 amide bonds. The minimum Gasteiger partial charge on any atom is -0.465 e. The zero-order chi connectivity index (χ0) is 14.0. The van der Waals surface area contributed by atoms with Crippen LogP contribution in [-0.2, 0) is 0 Å². The van der Waals surface area contributed by atoms with Crippen molar-refractivity contribution >= 4 is 17.5 Å². The summed E-state index contributed by atoms with van der Waals surface area (Å²) in [5.41, 5.74) is 6.36. The topological polar surface area (TPSA) is 78.6 Å². The number of anilines is 2. The molecular formula is C12H15F2N3O2. The molecule has 0 unspecified atom stereocenters. The van der Waals surface area contributed by atoms with E-state index in [2.05, 4.69) is 5.32 Å². The van der Waals surface area contributed by atoms with Crippen LogP contribution in [0.1, 0.15) is 6.42 Å². The van der Waals surface area contributed by atoms with Gasteiger partial charge in [-0.15, -0.1) is 0 Å². The summed E-state index contributed by atoms with van der Waals surface area (Å²) in [7, 11) is 0. The van der Waals surface area contributed by atoms with Gasteiger partial charge in [0, 0.05) is 13.0 Å². The molecule has 2 rings (SSSR count). The van der Waals surface area contributed by atoms with Gasteiger partial charge in [-0.05, 0) is 18.2 Å². The maximum absolute atomic E-state index is 13.2. The summed E-state index contributed by atoms with van der Waals surface area (Å²) in [4.78, 5) is 12.0. The van der Waals surface area contributed by atoms with Crippen molar-refractivity contribution in [1.29, 1.82) is 0 Å². The van der Waals surface area contributed by atoms with Gasteiger partial charge in [0.25, 0.3) is 0 Å². The van der Waals surface area contributed by atoms with Gasteiger partial charge in [0.2, 0.25) is 0 Å². The lowest BCUT2D eigenvalue weighted by Gasteiger charge is -2.22. The molecule has 1 aliphatic heterocycles. The largest absolute Gasteiger partial charge is 0.465 e. The number of nitrogens with two attached hydrogens (primary N) is 1. The number of nitrogen functional groups attached to an aromatic ring is 1. The lowest BCUT2D eigenvalue weighted by molar-refractivity contribution is 0.140. The summed E-state index contributed by atoms with van der Waals surface area (Å²) >= 11 is 0. The molecule has 1 heterocycles. The predicted octanol–water partition coefficient (Wildman–Crippen LogP) is 1.91. The summed E-state index contributed by atoms with van der Waals surface area (Å²) in [6, 6.07) is 3.44. The molecule has 0 bridgehead atoms. The number of carboxylic acid groups (broad SMARTS) is 1. The average molecular weight is 271 g/mol. The van der Waals surface area contributed by atoms with Crippen molar-refractivity contribution in [1.82, 2.24) is 4.90 Å². The molecule has 0 spiro atoms. The summed E-state index contributed by atoms with van der Waals surface area (Å²) in [5, 5.41) is 11.9. The molecule has 7 heteroatoms. The normalized spacial score (nSPS) is 22.5. The monoisotopic (exact) mass is 271 g/mol. The molecule has 1 aromatic rings. The SMILES string of the molecule is Nc1cc(F)ccc1NC[C@@H]1C[C@H](F)CN1C(=O)O. The van der Waals surface area contributed by atoms with Crippen molar-refractivity contribution in [3.05, 3.63) is 24.0 Å². The standard InChI is InChI=1S/C12H15F2N3O2/c13-7-1-2-11(10(15)4-7)16-5-9-3-8(14)6-17(9)12(18)19/h1-2,4,8-9,16H,3,5-6,15H2,(H,18,19)/t8-,9-/m0/s1. The lowest BCUT2D eigenvalue weighted by Crippen LogP contribution is -2.38. The second-order valence-electron chi connectivity index (χ2n) is 4.53. The van der Waals surface area contributed by atoms with Gasteiger partial charge in [-0.25, -0.2) is 13.6 Å². The molecule has 5 nitrogen and oxygen atoms in total. The van der Waals surface area contributed by atoms with E-state index < -0.39 is 24.1 Å². The van der Waals surface area contributed by atoms with E-state index in [1.165, 1.54) is 18.2 Å². The third-order valence-corrected chi connectivity index (χ3v) is 3.15. The number of hydrogen-bond acceptors (Lipinski definition) is 3. The first kappa shape index (κ1) is 13.4. The number of amides is 1. The van der Waals surface area contributed by atoms with Crippen molar-refractivity contribution in [3.8, 4) is 0 Å². The van der Waals surface area contributed by atoms with Crippen LogP contribution < -0.4 is 11.1 Å². The van der Waals surface area contributed by atoms with Crippen LogP contribution >= 0.6 is 0 Å². The van der Waals surface area contributed by atoms with Gasteiger partial charge >= 0.3 is 6.09 Å². The van der Waals surface area contributed by atoms with Gasteiger partial charge in [-0.1, -0.05) is 0 Å². The van der Waals surface area contributed by atoms with E-state index in [9.17, 15) is 13.6 Å². The molecule has 0 aliphatic carbocycles. The van der Waals surface area contributed by atoms with E-state index >= 15 is 0 Å². The van der Waals surface area contributed by atoms with Gasteiger partial charge in [-0.2, -0.15) is 0 Å². The molecular weight excluding hydrogens is 256 g/mol. The molecule has 104 valence electrons. The van der Waals surface area contributed by atoms with Crippen LogP contribution in [0, 0.1) is 5.82 Å². The number of benzene rings is 1. The zero-order valence-electron chi connectivity index (χ0n) is 10.1. The summed E-state index contributed by atoms with van der Waals surface area (Å²) in [6.07, 6.45) is -2.13. The number of likely N-dealkylation sites (tertiary alicyclic amines) is 1. The first-order chi connectivity index (χ1) is 8.97. The second kappa shape index (κ2) is 5.29. The smallest absolute Gasteiger partial charge is 0.407 e. The lowest BCUT2D eigenvalue weighted by atomic mass is 10.2. The Morgan fingerprint density at radius 2 is 2.32 bits per heavy atom. The van der Waals surface area contributed by atoms with E-state index in [1.807, 2.05) is 0 Å². The van der Waals surface area contributed by atoms with E-state index in [4.69, 9.17) is 10.8 Å². The second-order valence-corrected chi connectivity index (χ2v) is 4.53. The molecule has 19 heavy (non-hydrogen) atoms. The van der Waals surface area contributed by atoms with E-state index in [0.717, 1.165) is 4.90 Å². The Morgan fingerprint density at radius 1 is 1.58 bits per heavy atom. The molecule has 4 N–H and O–H groups in total. The minimum atomic E-state index is -1.14. The van der Waals surface area contributed by atoms with E-state index in [0.29, 0.717) is 5.69 Å². The van der Waals surface area contributed by atoms with Crippen LogP contribution in [0.25, 0.3) is 0 Å². The number of hydrogen-bond donors (Lipinski definition) is 3. The number of rotatable bonds is 3. The molecule has 1 fully saturated rings. The number of alkyl halides is 1. The first-order valence-electron chi connectivity index (χ1n) is 5.90. The summed E-state index contributed by atoms with van der Waals surface area (Å²) < 4.78 is 26.1. The van der Waals surface area contributed by atoms with Gasteiger partial charge < -0.3 is 21.1 Å². The van der Waals surface area contributed by atoms with Crippen LogP contribution in [0.4, 0.5) is 25.0 Å². The van der Waals surface area contributed by atoms with E-state index in [-0.39, 0.29) is 25.2 Å². The first-order valence-corrected chi connectivity index (χ1v) is 5.90. The number of nitrogens with one attached hydrogen (secondary N) is 1. The Hall–Kier alpha value is -2.05. The minimum absolute atomic E-state index is 0.111. The highest BCUT2D eigenvalue weighted by Crippen LogP contribution is 2.23. The third-order valence-electron chi connectivity index (χ3n) is 3.15. The highest BCUT2D eigenvalue weighted by molar-refractivity contribution is 5.67. The highest BCUT2D eigenvalue weighted by atomic mass is 19.1. The maximum Gasteiger partial charge on any atom is 0.407 e. The molecule has 2 atom stereocenters. The fourth-order valence-electron chi connectivity index (χ4n) is 2.21. The Labute approximate surface area is 109 Å². The van der Waals surface area contributed by atoms with Gasteiger partial charge in [0.05, 0.1) is 24.0 Å².